The molecular formula is C11H16N2S3. The minimum Gasteiger partial charge on any atom is -0.346 e. The van der Waals surface area contributed by atoms with E-state index in [9.17, 15) is 0 Å². The topological polar surface area (TPSA) is 28.7 Å². The number of aromatic amines is 1. The molecule has 2 rings (SSSR count). The van der Waals surface area contributed by atoms with Gasteiger partial charge in [0.1, 0.15) is 10.5 Å². The normalized spacial score (nSPS) is 25.7. The van der Waals surface area contributed by atoms with Crippen LogP contribution in [0.4, 0.5) is 0 Å². The fourth-order valence-electron chi connectivity index (χ4n) is 1.74. The van der Waals surface area contributed by atoms with E-state index in [1.54, 1.807) is 0 Å². The molecule has 1 fully saturated rings. The third-order valence-electron chi connectivity index (χ3n) is 2.88. The Morgan fingerprint density at radius 3 is 2.62 bits per heavy atom. The first-order valence-corrected chi connectivity index (χ1v) is 7.91. The van der Waals surface area contributed by atoms with Crippen molar-refractivity contribution in [3.63, 3.8) is 0 Å². The summed E-state index contributed by atoms with van der Waals surface area (Å²) < 4.78 is 0.745. The molecule has 2 unspecified atom stereocenters. The van der Waals surface area contributed by atoms with Crippen LogP contribution in [0.3, 0.4) is 0 Å². The van der Waals surface area contributed by atoms with E-state index in [1.165, 1.54) is 11.5 Å². The summed E-state index contributed by atoms with van der Waals surface area (Å²) in [6.45, 7) is 6.37. The summed E-state index contributed by atoms with van der Waals surface area (Å²) in [5, 5.41) is 1.07. The van der Waals surface area contributed by atoms with Crippen molar-refractivity contribution in [2.24, 2.45) is 0 Å². The summed E-state index contributed by atoms with van der Waals surface area (Å²) in [7, 11) is 0. The van der Waals surface area contributed by atoms with Gasteiger partial charge in [-0.05, 0) is 13.8 Å². The first kappa shape index (κ1) is 12.5. The number of aryl methyl sites for hydroxylation is 1. The van der Waals surface area contributed by atoms with Gasteiger partial charge in [-0.25, -0.2) is 4.98 Å². The second-order valence-corrected chi connectivity index (χ2v) is 7.17. The van der Waals surface area contributed by atoms with E-state index in [2.05, 4.69) is 23.8 Å². The molecule has 2 nitrogen and oxygen atoms in total. The molecule has 0 spiro atoms. The first-order chi connectivity index (χ1) is 7.59. The van der Waals surface area contributed by atoms with Gasteiger partial charge in [0.25, 0.3) is 0 Å². The molecule has 0 aromatic carbocycles. The van der Waals surface area contributed by atoms with Crippen molar-refractivity contribution < 1.29 is 0 Å². The average Bonchev–Trinajstić information content (AvgIpc) is 2.26. The van der Waals surface area contributed by atoms with Crippen LogP contribution < -0.4 is 0 Å². The van der Waals surface area contributed by atoms with Gasteiger partial charge in [-0.2, -0.15) is 11.8 Å². The van der Waals surface area contributed by atoms with Crippen LogP contribution in [-0.4, -0.2) is 26.7 Å². The molecule has 16 heavy (non-hydrogen) atoms. The predicted molar refractivity (Wildman–Crippen MR) is 76.0 cm³/mol. The highest BCUT2D eigenvalue weighted by Crippen LogP contribution is 2.41. The lowest BCUT2D eigenvalue weighted by Gasteiger charge is -2.27. The zero-order valence-electron chi connectivity index (χ0n) is 9.74. The van der Waals surface area contributed by atoms with Crippen LogP contribution in [0.2, 0.25) is 0 Å². The summed E-state index contributed by atoms with van der Waals surface area (Å²) in [6, 6.07) is 0. The van der Waals surface area contributed by atoms with E-state index in [0.29, 0.717) is 10.5 Å². The lowest BCUT2D eigenvalue weighted by atomic mass is 10.2. The van der Waals surface area contributed by atoms with Gasteiger partial charge in [0.2, 0.25) is 0 Å². The lowest BCUT2D eigenvalue weighted by molar-refractivity contribution is 0.805. The Morgan fingerprint density at radius 1 is 1.31 bits per heavy atom. The smallest absolute Gasteiger partial charge is 0.132 e. The van der Waals surface area contributed by atoms with E-state index in [4.69, 9.17) is 12.2 Å². The van der Waals surface area contributed by atoms with Crippen molar-refractivity contribution in [3.8, 4) is 0 Å². The molecule has 1 aliphatic heterocycles. The third-order valence-corrected chi connectivity index (χ3v) is 6.37. The van der Waals surface area contributed by atoms with Gasteiger partial charge in [0.05, 0.1) is 5.25 Å². The molecule has 1 N–H and O–H groups in total. The van der Waals surface area contributed by atoms with E-state index in [-0.39, 0.29) is 0 Å². The highest BCUT2D eigenvalue weighted by atomic mass is 32.2. The maximum Gasteiger partial charge on any atom is 0.132 e. The van der Waals surface area contributed by atoms with Crippen LogP contribution in [0, 0.1) is 18.5 Å². The van der Waals surface area contributed by atoms with E-state index in [0.717, 1.165) is 21.7 Å². The maximum atomic E-state index is 5.29. The second-order valence-electron chi connectivity index (χ2n) is 4.04. The van der Waals surface area contributed by atoms with Gasteiger partial charge in [0.15, 0.2) is 0 Å². The summed E-state index contributed by atoms with van der Waals surface area (Å²) in [6.07, 6.45) is 0. The van der Waals surface area contributed by atoms with Crippen molar-refractivity contribution in [3.05, 3.63) is 21.7 Å². The van der Waals surface area contributed by atoms with Gasteiger partial charge >= 0.3 is 0 Å². The minimum atomic E-state index is 0.458. The summed E-state index contributed by atoms with van der Waals surface area (Å²) >= 11 is 9.30. The molecule has 0 aliphatic carbocycles. The molecule has 1 saturated heterocycles. The Labute approximate surface area is 110 Å². The van der Waals surface area contributed by atoms with Crippen LogP contribution in [0.25, 0.3) is 0 Å². The maximum absolute atomic E-state index is 5.29. The quantitative estimate of drug-likeness (QED) is 0.790. The van der Waals surface area contributed by atoms with Crippen LogP contribution in [0.15, 0.2) is 0 Å². The minimum absolute atomic E-state index is 0.458. The van der Waals surface area contributed by atoms with Crippen molar-refractivity contribution in [1.29, 1.82) is 0 Å². The monoisotopic (exact) mass is 272 g/mol. The van der Waals surface area contributed by atoms with Gasteiger partial charge in [0, 0.05) is 28.0 Å². The molecule has 1 aromatic rings. The second kappa shape index (κ2) is 5.10. The van der Waals surface area contributed by atoms with Crippen molar-refractivity contribution in [2.75, 3.05) is 11.5 Å². The number of aromatic nitrogens is 2. The first-order valence-electron chi connectivity index (χ1n) is 5.40. The molecule has 2 heterocycles. The van der Waals surface area contributed by atoms with Crippen molar-refractivity contribution in [2.45, 2.75) is 31.3 Å². The standard InChI is InChI=1S/C11H16N2S3/c1-6-7(2)12-10(13-11(6)14)9-8(3)15-4-5-16-9/h8-9H,4-5H2,1-3H3,(H,12,13,14). The van der Waals surface area contributed by atoms with Gasteiger partial charge < -0.3 is 4.98 Å². The number of nitrogens with zero attached hydrogens (tertiary/aromatic N) is 1. The number of H-pyrrole nitrogens is 1. The number of nitrogens with one attached hydrogen (secondary N) is 1. The molecule has 5 heteroatoms. The summed E-state index contributed by atoms with van der Waals surface area (Å²) in [5.74, 6) is 3.50. The molecule has 0 amide bonds. The third kappa shape index (κ3) is 2.46. The summed E-state index contributed by atoms with van der Waals surface area (Å²) in [4.78, 5) is 7.94. The van der Waals surface area contributed by atoms with Crippen LogP contribution in [-0.2, 0) is 0 Å². The fourth-order valence-corrected chi connectivity index (χ4v) is 4.70. The van der Waals surface area contributed by atoms with Crippen LogP contribution >= 0.6 is 35.7 Å². The molecule has 0 radical (unpaired) electrons. The van der Waals surface area contributed by atoms with Gasteiger partial charge in [-0.1, -0.05) is 19.1 Å². The highest BCUT2D eigenvalue weighted by molar-refractivity contribution is 8.06. The Morgan fingerprint density at radius 2 is 2.00 bits per heavy atom. The number of rotatable bonds is 1. The summed E-state index contributed by atoms with van der Waals surface area (Å²) in [5.41, 5.74) is 2.25. The van der Waals surface area contributed by atoms with E-state index >= 15 is 0 Å². The van der Waals surface area contributed by atoms with E-state index in [1.807, 2.05) is 30.4 Å². The number of hydrogen-bond acceptors (Lipinski definition) is 4. The van der Waals surface area contributed by atoms with Crippen molar-refractivity contribution in [1.82, 2.24) is 9.97 Å². The fraction of sp³-hybridized carbons (Fsp3) is 0.636. The number of hydrogen-bond donors (Lipinski definition) is 1. The molecule has 1 aromatic heterocycles. The van der Waals surface area contributed by atoms with Gasteiger partial charge in [-0.3, -0.25) is 0 Å². The highest BCUT2D eigenvalue weighted by Gasteiger charge is 2.26. The molecule has 0 saturated carbocycles. The largest absolute Gasteiger partial charge is 0.346 e. The Bertz CT molecular complexity index is 441. The Kier molecular flexibility index (Phi) is 3.97. The molecule has 2 atom stereocenters. The molecule has 88 valence electrons. The predicted octanol–water partition coefficient (Wildman–Crippen LogP) is 3.67. The van der Waals surface area contributed by atoms with Gasteiger partial charge in [-0.15, -0.1) is 11.8 Å². The molecular weight excluding hydrogens is 256 g/mol. The van der Waals surface area contributed by atoms with Crippen LogP contribution in [0.5, 0.6) is 0 Å². The van der Waals surface area contributed by atoms with E-state index < -0.39 is 0 Å². The van der Waals surface area contributed by atoms with Crippen molar-refractivity contribution >= 4 is 35.7 Å². The Hall–Kier alpha value is -0.0000000000000000833. The average molecular weight is 272 g/mol. The number of thioether (sulfide) groups is 2. The lowest BCUT2D eigenvalue weighted by Crippen LogP contribution is -2.18. The SMILES string of the molecule is Cc1[nH]c(C2SCCSC2C)nc(=S)c1C. The zero-order valence-corrected chi connectivity index (χ0v) is 12.2. The zero-order chi connectivity index (χ0) is 11.7. The molecule has 1 aliphatic rings. The molecule has 0 bridgehead atoms. The Balaban J connectivity index is 2.36. The van der Waals surface area contributed by atoms with Crippen LogP contribution in [0.1, 0.15) is 29.3 Å².